The zero-order valence-electron chi connectivity index (χ0n) is 35.5. The monoisotopic (exact) mass is 816 g/mol. The quantitative estimate of drug-likeness (QED) is 0.0436. The number of aromatic hydroxyl groups is 1. The molecule has 2 aliphatic rings. The van der Waals surface area contributed by atoms with Crippen molar-refractivity contribution in [3.05, 3.63) is 56.9 Å². The Balaban J connectivity index is 1.13. The molecule has 4 heterocycles. The molecule has 0 saturated carbocycles. The van der Waals surface area contributed by atoms with Crippen molar-refractivity contribution in [1.29, 1.82) is 0 Å². The molecule has 322 valence electrons. The number of esters is 2. The van der Waals surface area contributed by atoms with Crippen molar-refractivity contribution >= 4 is 34.7 Å². The number of phenolic OH excluding ortho intramolecular Hbond substituents is 1. The van der Waals surface area contributed by atoms with Gasteiger partial charge in [-0.2, -0.15) is 0 Å². The number of carboxylic acids is 1. The van der Waals surface area contributed by atoms with Crippen molar-refractivity contribution in [3.63, 3.8) is 0 Å². The number of nitrogens with zero attached hydrogens (tertiary/aromatic N) is 3. The van der Waals surface area contributed by atoms with Gasteiger partial charge in [-0.05, 0) is 57.6 Å². The number of carbonyl (C=O) groups excluding carboxylic acids is 3. The van der Waals surface area contributed by atoms with Gasteiger partial charge in [-0.1, -0.05) is 104 Å². The smallest absolute Gasteiger partial charge is 0.355 e. The van der Waals surface area contributed by atoms with E-state index in [-0.39, 0.29) is 61.3 Å². The predicted molar refractivity (Wildman–Crippen MR) is 226 cm³/mol. The molecule has 0 fully saturated rings. The van der Waals surface area contributed by atoms with E-state index >= 15 is 0 Å². The summed E-state index contributed by atoms with van der Waals surface area (Å²) in [5.41, 5.74) is 1.38. The highest BCUT2D eigenvalue weighted by Crippen LogP contribution is 2.42. The Hall–Kier alpha value is -4.78. The summed E-state index contributed by atoms with van der Waals surface area (Å²) in [5.74, 6) is -2.95. The second-order valence-electron chi connectivity index (χ2n) is 16.6. The first kappa shape index (κ1) is 45.3. The molecule has 1 amide bonds. The van der Waals surface area contributed by atoms with Gasteiger partial charge in [0, 0.05) is 41.5 Å². The maximum absolute atomic E-state index is 14.0. The highest BCUT2D eigenvalue weighted by atomic mass is 16.6. The first-order chi connectivity index (χ1) is 28.4. The van der Waals surface area contributed by atoms with Crippen LogP contribution in [0.15, 0.2) is 29.1 Å². The van der Waals surface area contributed by atoms with Crippen LogP contribution in [0.5, 0.6) is 5.75 Å². The molecule has 13 nitrogen and oxygen atoms in total. The van der Waals surface area contributed by atoms with Crippen LogP contribution < -0.4 is 10.9 Å². The van der Waals surface area contributed by atoms with Crippen LogP contribution in [0, 0.1) is 0 Å². The van der Waals surface area contributed by atoms with Crippen molar-refractivity contribution in [2.45, 2.75) is 167 Å². The van der Waals surface area contributed by atoms with Crippen molar-refractivity contribution in [2.75, 3.05) is 14.1 Å². The van der Waals surface area contributed by atoms with Gasteiger partial charge in [0.2, 0.25) is 11.5 Å². The lowest BCUT2D eigenvalue weighted by Gasteiger charge is -2.35. The molecule has 3 N–H and O–H groups in total. The van der Waals surface area contributed by atoms with Crippen LogP contribution in [0.25, 0.3) is 22.3 Å². The molecule has 59 heavy (non-hydrogen) atoms. The van der Waals surface area contributed by atoms with Crippen LogP contribution in [0.4, 0.5) is 0 Å². The second-order valence-corrected chi connectivity index (χ2v) is 16.6. The zero-order valence-corrected chi connectivity index (χ0v) is 35.5. The first-order valence-corrected chi connectivity index (χ1v) is 21.9. The van der Waals surface area contributed by atoms with E-state index in [0.29, 0.717) is 36.3 Å². The van der Waals surface area contributed by atoms with Gasteiger partial charge < -0.3 is 34.5 Å². The summed E-state index contributed by atoms with van der Waals surface area (Å²) in [6.45, 7) is 4.35. The molecule has 2 atom stereocenters. The fourth-order valence-corrected chi connectivity index (χ4v) is 8.44. The molecule has 2 aliphatic heterocycles. The first-order valence-electron chi connectivity index (χ1n) is 21.9. The maximum atomic E-state index is 14.0. The molecule has 2 aromatic heterocycles. The molecule has 3 aromatic rings. The van der Waals surface area contributed by atoms with Crippen molar-refractivity contribution in [3.8, 4) is 17.1 Å². The number of aliphatic carboxylic acids is 1. The van der Waals surface area contributed by atoms with E-state index in [2.05, 4.69) is 12.2 Å². The normalized spacial score (nSPS) is 16.1. The highest BCUT2D eigenvalue weighted by molar-refractivity contribution is 5.90. The summed E-state index contributed by atoms with van der Waals surface area (Å²) >= 11 is 0. The topological polar surface area (TPSA) is 177 Å². The number of cyclic esters (lactones) is 1. The number of nitrogens with one attached hydrogen (secondary N) is 1. The lowest BCUT2D eigenvalue weighted by Crippen LogP contribution is -2.47. The Morgan fingerprint density at radius 3 is 2.17 bits per heavy atom. The minimum absolute atomic E-state index is 0.00131. The average molecular weight is 817 g/mol. The molecule has 1 aromatic carbocycles. The average Bonchev–Trinajstić information content (AvgIpc) is 3.56. The number of ether oxygens (including phenoxy) is 2. The summed E-state index contributed by atoms with van der Waals surface area (Å²) in [6, 6.07) is 5.95. The van der Waals surface area contributed by atoms with E-state index in [0.717, 1.165) is 35.8 Å². The van der Waals surface area contributed by atoms with Gasteiger partial charge in [0.25, 0.3) is 5.56 Å². The van der Waals surface area contributed by atoms with Crippen LogP contribution in [0.3, 0.4) is 0 Å². The third-order valence-corrected chi connectivity index (χ3v) is 11.8. The number of carbonyl (C=O) groups is 4. The molecule has 13 heteroatoms. The van der Waals surface area contributed by atoms with Gasteiger partial charge in [-0.25, -0.2) is 14.6 Å². The highest BCUT2D eigenvalue weighted by Gasteiger charge is 2.50. The molecule has 5 rings (SSSR count). The largest absolute Gasteiger partial charge is 0.508 e. The van der Waals surface area contributed by atoms with Crippen molar-refractivity contribution in [1.82, 2.24) is 19.8 Å². The molecule has 0 saturated heterocycles. The summed E-state index contributed by atoms with van der Waals surface area (Å²) in [5, 5.41) is 23.8. The Kier molecular flexibility index (Phi) is 16.5. The third kappa shape index (κ3) is 11.3. The Morgan fingerprint density at radius 2 is 1.56 bits per heavy atom. The molecule has 0 spiro atoms. The lowest BCUT2D eigenvalue weighted by molar-refractivity contribution is -0.189. The number of aromatic nitrogens is 2. The fraction of sp³-hybridized carbons (Fsp3) is 0.609. The van der Waals surface area contributed by atoms with E-state index in [1.807, 2.05) is 25.1 Å². The van der Waals surface area contributed by atoms with Gasteiger partial charge in [0.15, 0.2) is 0 Å². The predicted octanol–water partition coefficient (Wildman–Crippen LogP) is 8.01. The lowest BCUT2D eigenvalue weighted by atomic mass is 9.85. The van der Waals surface area contributed by atoms with Crippen LogP contribution in [0.1, 0.15) is 158 Å². The van der Waals surface area contributed by atoms with Gasteiger partial charge in [-0.15, -0.1) is 0 Å². The van der Waals surface area contributed by atoms with Crippen molar-refractivity contribution < 1.29 is 38.9 Å². The fourth-order valence-electron chi connectivity index (χ4n) is 8.44. The number of carboxylic acid groups (broad SMARTS) is 1. The Bertz CT molecular complexity index is 2030. The van der Waals surface area contributed by atoms with E-state index in [1.165, 1.54) is 64.2 Å². The second kappa shape index (κ2) is 21.5. The SMILES string of the molecule is CCCCCCCCCCCCCCCCC(NC(=O)CCCC(=O)O[C@]1(CC)C(=O)OCc2c1cc1n(c2=O)Cc2cc3c(CN(C)C)c(O)ccc3nc2-1)C(=O)O. The number of phenols is 1. The summed E-state index contributed by atoms with van der Waals surface area (Å²) in [4.78, 5) is 72.3. The molecule has 1 unspecified atom stereocenters. The molecule has 0 bridgehead atoms. The molecule has 0 aliphatic carbocycles. The number of hydrogen-bond donors (Lipinski definition) is 3. The van der Waals surface area contributed by atoms with E-state index < -0.39 is 35.5 Å². The number of rotatable bonds is 25. The standard InChI is InChI=1S/C46H64N4O9/c1-5-7-8-9-10-11-12-13-14-15-16-17-18-19-21-37(44(55)56)47-40(52)22-20-23-41(53)59-46(6-2)35-27-38-42-31(28-50(38)43(54)34(35)30-58-45(46)57)26-32-33(29-49(3)4)39(51)25-24-36(32)48-42/h24-27,37,51H,5-23,28-30H2,1-4H3,(H,47,52)(H,55,56)/t37?,46-/m0/s1. The van der Waals surface area contributed by atoms with Gasteiger partial charge in [0.05, 0.1) is 29.0 Å². The number of unbranched alkanes of at least 4 members (excludes halogenated alkanes) is 13. The molecular formula is C46H64N4O9. The minimum Gasteiger partial charge on any atom is -0.508 e. The van der Waals surface area contributed by atoms with Gasteiger partial charge >= 0.3 is 17.9 Å². The number of hydrogen-bond acceptors (Lipinski definition) is 10. The van der Waals surface area contributed by atoms with Crippen LogP contribution in [0.2, 0.25) is 0 Å². The third-order valence-electron chi connectivity index (χ3n) is 11.8. The molecule has 0 radical (unpaired) electrons. The minimum atomic E-state index is -1.88. The number of benzene rings is 1. The van der Waals surface area contributed by atoms with Gasteiger partial charge in [0.1, 0.15) is 18.4 Å². The van der Waals surface area contributed by atoms with E-state index in [9.17, 15) is 34.2 Å². The summed E-state index contributed by atoms with van der Waals surface area (Å²) < 4.78 is 12.9. The van der Waals surface area contributed by atoms with Crippen molar-refractivity contribution in [2.24, 2.45) is 0 Å². The van der Waals surface area contributed by atoms with Crippen LogP contribution in [-0.2, 0) is 53.9 Å². The Morgan fingerprint density at radius 1 is 0.915 bits per heavy atom. The summed E-state index contributed by atoms with van der Waals surface area (Å²) in [6.07, 6.45) is 16.9. The number of pyridine rings is 2. The molecular weight excluding hydrogens is 753 g/mol. The number of fused-ring (bicyclic) bond motifs is 5. The number of amides is 1. The van der Waals surface area contributed by atoms with E-state index in [1.54, 1.807) is 29.7 Å². The summed E-state index contributed by atoms with van der Waals surface area (Å²) in [7, 11) is 3.82. The van der Waals surface area contributed by atoms with Crippen LogP contribution >= 0.6 is 0 Å². The van der Waals surface area contributed by atoms with Crippen LogP contribution in [-0.4, -0.2) is 68.6 Å². The maximum Gasteiger partial charge on any atom is 0.355 e. The Labute approximate surface area is 347 Å². The zero-order chi connectivity index (χ0) is 42.5. The van der Waals surface area contributed by atoms with E-state index in [4.69, 9.17) is 14.5 Å². The van der Waals surface area contributed by atoms with Gasteiger partial charge in [-0.3, -0.25) is 14.4 Å².